The summed E-state index contributed by atoms with van der Waals surface area (Å²) in [6.45, 7) is 1.67. The van der Waals surface area contributed by atoms with E-state index in [9.17, 15) is 13.5 Å². The van der Waals surface area contributed by atoms with E-state index in [4.69, 9.17) is 16.3 Å². The van der Waals surface area contributed by atoms with Crippen LogP contribution in [0.1, 0.15) is 44.3 Å². The molecule has 4 nitrogen and oxygen atoms in total. The normalized spacial score (nSPS) is 24.6. The standard InChI is InChI=1S/C15H21ClO4S/c1-10(17)11-6-7-15(14(16)8-11)20-12-4-3-5-13(9-12)21(2,18)19/h6-8,10,12-13,17H,3-5,9H2,1-2H3. The van der Waals surface area contributed by atoms with Crippen molar-refractivity contribution in [2.75, 3.05) is 6.26 Å². The topological polar surface area (TPSA) is 63.6 Å². The highest BCUT2D eigenvalue weighted by molar-refractivity contribution is 7.91. The number of hydrogen-bond donors (Lipinski definition) is 1. The van der Waals surface area contributed by atoms with E-state index in [1.54, 1.807) is 25.1 Å². The smallest absolute Gasteiger partial charge is 0.150 e. The van der Waals surface area contributed by atoms with Crippen molar-refractivity contribution in [1.82, 2.24) is 0 Å². The van der Waals surface area contributed by atoms with E-state index in [-0.39, 0.29) is 11.4 Å². The maximum Gasteiger partial charge on any atom is 0.150 e. The van der Waals surface area contributed by atoms with E-state index >= 15 is 0 Å². The summed E-state index contributed by atoms with van der Waals surface area (Å²) in [5, 5.41) is 9.63. The molecule has 1 aliphatic rings. The summed E-state index contributed by atoms with van der Waals surface area (Å²) in [4.78, 5) is 0. The van der Waals surface area contributed by atoms with Crippen molar-refractivity contribution >= 4 is 21.4 Å². The molecule has 0 amide bonds. The lowest BCUT2D eigenvalue weighted by molar-refractivity contribution is 0.156. The molecule has 118 valence electrons. The average molecular weight is 333 g/mol. The molecular formula is C15H21ClO4S. The molecule has 3 atom stereocenters. The third-order valence-corrected chi connectivity index (χ3v) is 5.85. The molecule has 1 aromatic carbocycles. The molecule has 2 rings (SSSR count). The van der Waals surface area contributed by atoms with E-state index in [0.29, 0.717) is 23.6 Å². The Balaban J connectivity index is 2.08. The van der Waals surface area contributed by atoms with Crippen molar-refractivity contribution in [1.29, 1.82) is 0 Å². The molecule has 3 unspecified atom stereocenters. The second-order valence-corrected chi connectivity index (χ2v) is 8.46. The van der Waals surface area contributed by atoms with Crippen LogP contribution in [-0.2, 0) is 9.84 Å². The van der Waals surface area contributed by atoms with Crippen LogP contribution in [0.2, 0.25) is 5.02 Å². The lowest BCUT2D eigenvalue weighted by Crippen LogP contribution is -2.33. The Labute approximate surface area is 131 Å². The van der Waals surface area contributed by atoms with E-state index in [1.807, 2.05) is 0 Å². The van der Waals surface area contributed by atoms with Gasteiger partial charge in [-0.05, 0) is 43.9 Å². The van der Waals surface area contributed by atoms with Crippen LogP contribution in [0.15, 0.2) is 18.2 Å². The molecule has 6 heteroatoms. The summed E-state index contributed by atoms with van der Waals surface area (Å²) in [6.07, 6.45) is 3.45. The Bertz CT molecular complexity index is 598. The number of benzene rings is 1. The first-order valence-electron chi connectivity index (χ1n) is 7.10. The summed E-state index contributed by atoms with van der Waals surface area (Å²) in [6, 6.07) is 5.18. The molecule has 1 saturated carbocycles. The van der Waals surface area contributed by atoms with Crippen LogP contribution < -0.4 is 4.74 Å². The van der Waals surface area contributed by atoms with Gasteiger partial charge in [-0.15, -0.1) is 0 Å². The van der Waals surface area contributed by atoms with Gasteiger partial charge in [-0.2, -0.15) is 0 Å². The van der Waals surface area contributed by atoms with Gasteiger partial charge in [-0.1, -0.05) is 17.7 Å². The van der Waals surface area contributed by atoms with Gasteiger partial charge in [0, 0.05) is 12.7 Å². The molecule has 1 fully saturated rings. The molecule has 1 aliphatic carbocycles. The Kier molecular flexibility index (Phi) is 5.17. The maximum atomic E-state index is 11.7. The van der Waals surface area contributed by atoms with Crippen molar-refractivity contribution in [2.45, 2.75) is 50.1 Å². The van der Waals surface area contributed by atoms with E-state index < -0.39 is 15.9 Å². The van der Waals surface area contributed by atoms with Crippen molar-refractivity contribution in [2.24, 2.45) is 0 Å². The number of sulfone groups is 1. The zero-order chi connectivity index (χ0) is 15.6. The quantitative estimate of drug-likeness (QED) is 0.920. The van der Waals surface area contributed by atoms with Crippen LogP contribution in [0.4, 0.5) is 0 Å². The molecule has 0 saturated heterocycles. The molecule has 0 spiro atoms. The molecule has 0 heterocycles. The fraction of sp³-hybridized carbons (Fsp3) is 0.600. The number of rotatable bonds is 4. The summed E-state index contributed by atoms with van der Waals surface area (Å²) in [5.41, 5.74) is 0.727. The minimum atomic E-state index is -3.03. The fourth-order valence-corrected chi connectivity index (χ4v) is 4.04. The number of ether oxygens (including phenoxy) is 1. The van der Waals surface area contributed by atoms with Gasteiger partial charge in [0.1, 0.15) is 21.7 Å². The Morgan fingerprint density at radius 2 is 2.10 bits per heavy atom. The minimum Gasteiger partial charge on any atom is -0.489 e. The minimum absolute atomic E-state index is 0.131. The Hall–Kier alpha value is -0.780. The molecular weight excluding hydrogens is 312 g/mol. The van der Waals surface area contributed by atoms with Crippen LogP contribution in [0.25, 0.3) is 0 Å². The van der Waals surface area contributed by atoms with Gasteiger partial charge in [-0.25, -0.2) is 8.42 Å². The summed E-state index contributed by atoms with van der Waals surface area (Å²) in [7, 11) is -3.03. The van der Waals surface area contributed by atoms with Crippen LogP contribution >= 0.6 is 11.6 Å². The van der Waals surface area contributed by atoms with Gasteiger partial charge in [-0.3, -0.25) is 0 Å². The van der Waals surface area contributed by atoms with Crippen molar-refractivity contribution in [3.63, 3.8) is 0 Å². The molecule has 0 aromatic heterocycles. The molecule has 1 aromatic rings. The van der Waals surface area contributed by atoms with E-state index in [2.05, 4.69) is 0 Å². The average Bonchev–Trinajstić information content (AvgIpc) is 2.40. The lowest BCUT2D eigenvalue weighted by Gasteiger charge is -2.28. The van der Waals surface area contributed by atoms with Crippen molar-refractivity contribution < 1.29 is 18.3 Å². The summed E-state index contributed by atoms with van der Waals surface area (Å²) >= 11 is 6.16. The van der Waals surface area contributed by atoms with E-state index in [1.165, 1.54) is 6.26 Å². The molecule has 0 radical (unpaired) electrons. The number of hydrogen-bond acceptors (Lipinski definition) is 4. The zero-order valence-electron chi connectivity index (χ0n) is 12.3. The predicted molar refractivity (Wildman–Crippen MR) is 83.6 cm³/mol. The van der Waals surface area contributed by atoms with Crippen LogP contribution in [0.5, 0.6) is 5.75 Å². The van der Waals surface area contributed by atoms with Gasteiger partial charge in [0.2, 0.25) is 0 Å². The second kappa shape index (κ2) is 6.55. The predicted octanol–water partition coefficient (Wildman–Crippen LogP) is 3.13. The van der Waals surface area contributed by atoms with Gasteiger partial charge >= 0.3 is 0 Å². The largest absolute Gasteiger partial charge is 0.489 e. The monoisotopic (exact) mass is 332 g/mol. The molecule has 0 aliphatic heterocycles. The third-order valence-electron chi connectivity index (χ3n) is 3.92. The van der Waals surface area contributed by atoms with Gasteiger partial charge in [0.15, 0.2) is 0 Å². The molecule has 21 heavy (non-hydrogen) atoms. The summed E-state index contributed by atoms with van der Waals surface area (Å²) in [5.74, 6) is 0.542. The maximum absolute atomic E-state index is 11.7. The molecule has 1 N–H and O–H groups in total. The van der Waals surface area contributed by atoms with E-state index in [0.717, 1.165) is 18.4 Å². The first kappa shape index (κ1) is 16.6. The third kappa shape index (κ3) is 4.34. The number of halogens is 1. The first-order valence-corrected chi connectivity index (χ1v) is 9.43. The van der Waals surface area contributed by atoms with Gasteiger partial charge in [0.25, 0.3) is 0 Å². The Morgan fingerprint density at radius 1 is 1.38 bits per heavy atom. The zero-order valence-corrected chi connectivity index (χ0v) is 13.8. The van der Waals surface area contributed by atoms with Crippen molar-refractivity contribution in [3.8, 4) is 5.75 Å². The van der Waals surface area contributed by atoms with Crippen LogP contribution in [0.3, 0.4) is 0 Å². The van der Waals surface area contributed by atoms with Crippen LogP contribution in [0, 0.1) is 0 Å². The second-order valence-electron chi connectivity index (χ2n) is 5.72. The van der Waals surface area contributed by atoms with Crippen LogP contribution in [-0.4, -0.2) is 31.1 Å². The lowest BCUT2D eigenvalue weighted by atomic mass is 9.97. The highest BCUT2D eigenvalue weighted by atomic mass is 35.5. The number of aliphatic hydroxyl groups is 1. The fourth-order valence-electron chi connectivity index (χ4n) is 2.65. The highest BCUT2D eigenvalue weighted by Gasteiger charge is 2.30. The van der Waals surface area contributed by atoms with Gasteiger partial charge < -0.3 is 9.84 Å². The highest BCUT2D eigenvalue weighted by Crippen LogP contribution is 2.32. The SMILES string of the molecule is CC(O)c1ccc(OC2CCCC(S(C)(=O)=O)C2)c(Cl)c1. The van der Waals surface area contributed by atoms with Crippen molar-refractivity contribution in [3.05, 3.63) is 28.8 Å². The Morgan fingerprint density at radius 3 is 2.67 bits per heavy atom. The van der Waals surface area contributed by atoms with Gasteiger partial charge in [0.05, 0.1) is 16.4 Å². The molecule has 0 bridgehead atoms. The number of aliphatic hydroxyl groups excluding tert-OH is 1. The first-order chi connectivity index (χ1) is 9.77. The summed E-state index contributed by atoms with van der Waals surface area (Å²) < 4.78 is 29.2.